The zero-order chi connectivity index (χ0) is 17.1. The fourth-order valence-corrected chi connectivity index (χ4v) is 3.08. The number of hydrogen-bond donors (Lipinski definition) is 1. The molecule has 130 valence electrons. The van der Waals surface area contributed by atoms with Gasteiger partial charge in [-0.05, 0) is 24.1 Å². The van der Waals surface area contributed by atoms with Gasteiger partial charge in [-0.25, -0.2) is 0 Å². The maximum absolute atomic E-state index is 12.5. The van der Waals surface area contributed by atoms with E-state index in [4.69, 9.17) is 14.2 Å². The van der Waals surface area contributed by atoms with Crippen LogP contribution < -0.4 is 14.9 Å². The highest BCUT2D eigenvalue weighted by Crippen LogP contribution is 2.35. The summed E-state index contributed by atoms with van der Waals surface area (Å²) < 4.78 is 16.7. The summed E-state index contributed by atoms with van der Waals surface area (Å²) in [7, 11) is 1.59. The number of nitrogens with zero attached hydrogens (tertiary/aromatic N) is 1. The number of carbonyl (C=O) groups excluding carboxylic acids is 2. The summed E-state index contributed by atoms with van der Waals surface area (Å²) in [5, 5.41) is 1.38. The number of rotatable bonds is 5. The first-order chi connectivity index (χ1) is 11.6. The van der Waals surface area contributed by atoms with Crippen LogP contribution in [0.15, 0.2) is 18.2 Å². The van der Waals surface area contributed by atoms with Crippen molar-refractivity contribution in [2.75, 3.05) is 26.9 Å². The van der Waals surface area contributed by atoms with Crippen LogP contribution in [0, 0.1) is 0 Å². The van der Waals surface area contributed by atoms with E-state index in [2.05, 4.69) is 5.43 Å². The molecule has 0 saturated carbocycles. The molecule has 1 aromatic carbocycles. The minimum atomic E-state index is -0.287. The Hall–Kier alpha value is -2.28. The molecule has 2 heterocycles. The third-order valence-corrected chi connectivity index (χ3v) is 4.27. The van der Waals surface area contributed by atoms with Crippen molar-refractivity contribution in [3.8, 4) is 11.5 Å². The zero-order valence-electron chi connectivity index (χ0n) is 13.9. The van der Waals surface area contributed by atoms with Crippen molar-refractivity contribution in [2.45, 2.75) is 31.8 Å². The summed E-state index contributed by atoms with van der Waals surface area (Å²) in [5.41, 5.74) is 3.42. The molecule has 2 saturated heterocycles. The van der Waals surface area contributed by atoms with E-state index in [1.807, 2.05) is 18.2 Å². The minimum Gasteiger partial charge on any atom is -0.493 e. The van der Waals surface area contributed by atoms with Gasteiger partial charge in [0.2, 0.25) is 11.8 Å². The summed E-state index contributed by atoms with van der Waals surface area (Å²) in [6.45, 7) is 3.15. The average molecular weight is 334 g/mol. The van der Waals surface area contributed by atoms with Crippen LogP contribution in [0.2, 0.25) is 0 Å². The maximum atomic E-state index is 12.5. The van der Waals surface area contributed by atoms with Crippen LogP contribution in [-0.2, 0) is 14.3 Å². The molecule has 7 heteroatoms. The standard InChI is InChI=1S/C17H22N2O5/c1-11(20)18-19-7-5-14(17(19)21)12-3-4-15(22-2)16(9-12)24-13-6-8-23-10-13/h3-4,9,13-14H,5-8,10H2,1-2H3,(H,18,20)/t13-,14+/m1/s1. The largest absolute Gasteiger partial charge is 0.493 e. The van der Waals surface area contributed by atoms with Crippen molar-refractivity contribution in [1.29, 1.82) is 0 Å². The van der Waals surface area contributed by atoms with Crippen molar-refractivity contribution in [2.24, 2.45) is 0 Å². The molecule has 2 amide bonds. The molecule has 0 radical (unpaired) electrons. The Morgan fingerprint density at radius 1 is 1.33 bits per heavy atom. The normalized spacial score (nSPS) is 23.4. The smallest absolute Gasteiger partial charge is 0.248 e. The second-order valence-corrected chi connectivity index (χ2v) is 6.01. The van der Waals surface area contributed by atoms with Gasteiger partial charge in [0.05, 0.1) is 26.2 Å². The Morgan fingerprint density at radius 3 is 2.83 bits per heavy atom. The number of carbonyl (C=O) groups is 2. The third kappa shape index (κ3) is 3.46. The molecule has 0 aromatic heterocycles. The van der Waals surface area contributed by atoms with E-state index in [1.165, 1.54) is 11.9 Å². The van der Waals surface area contributed by atoms with Crippen LogP contribution in [0.1, 0.15) is 31.2 Å². The lowest BCUT2D eigenvalue weighted by Gasteiger charge is -2.19. The minimum absolute atomic E-state index is 0.00399. The van der Waals surface area contributed by atoms with Crippen LogP contribution in [0.5, 0.6) is 11.5 Å². The lowest BCUT2D eigenvalue weighted by molar-refractivity contribution is -0.138. The van der Waals surface area contributed by atoms with Gasteiger partial charge in [-0.15, -0.1) is 0 Å². The molecule has 7 nitrogen and oxygen atoms in total. The summed E-state index contributed by atoms with van der Waals surface area (Å²) in [6.07, 6.45) is 1.49. The predicted octanol–water partition coefficient (Wildman–Crippen LogP) is 1.23. The van der Waals surface area contributed by atoms with Crippen molar-refractivity contribution in [3.63, 3.8) is 0 Å². The molecule has 2 aliphatic rings. The lowest BCUT2D eigenvalue weighted by Crippen LogP contribution is -2.42. The second kappa shape index (κ2) is 7.09. The highest BCUT2D eigenvalue weighted by atomic mass is 16.6. The Labute approximate surface area is 140 Å². The first-order valence-corrected chi connectivity index (χ1v) is 8.09. The molecule has 0 aliphatic carbocycles. The van der Waals surface area contributed by atoms with Crippen LogP contribution in [0.25, 0.3) is 0 Å². The quantitative estimate of drug-likeness (QED) is 0.876. The average Bonchev–Trinajstić information content (AvgIpc) is 3.18. The van der Waals surface area contributed by atoms with Crippen LogP contribution in [0.4, 0.5) is 0 Å². The molecule has 0 bridgehead atoms. The Kier molecular flexibility index (Phi) is 4.89. The fourth-order valence-electron chi connectivity index (χ4n) is 3.08. The molecule has 1 aromatic rings. The highest BCUT2D eigenvalue weighted by molar-refractivity contribution is 5.88. The molecule has 2 fully saturated rings. The van der Waals surface area contributed by atoms with Crippen LogP contribution in [-0.4, -0.2) is 49.8 Å². The first-order valence-electron chi connectivity index (χ1n) is 8.09. The summed E-state index contributed by atoms with van der Waals surface area (Å²) >= 11 is 0. The van der Waals surface area contributed by atoms with Gasteiger partial charge < -0.3 is 14.2 Å². The van der Waals surface area contributed by atoms with E-state index in [0.717, 1.165) is 12.0 Å². The Morgan fingerprint density at radius 2 is 2.17 bits per heavy atom. The van der Waals surface area contributed by atoms with E-state index < -0.39 is 0 Å². The fraction of sp³-hybridized carbons (Fsp3) is 0.529. The van der Waals surface area contributed by atoms with Crippen molar-refractivity contribution in [3.05, 3.63) is 23.8 Å². The summed E-state index contributed by atoms with van der Waals surface area (Å²) in [4.78, 5) is 23.6. The van der Waals surface area contributed by atoms with E-state index in [-0.39, 0.29) is 23.8 Å². The van der Waals surface area contributed by atoms with E-state index in [9.17, 15) is 9.59 Å². The number of hydrogen-bond acceptors (Lipinski definition) is 5. The molecule has 0 unspecified atom stereocenters. The van der Waals surface area contributed by atoms with Gasteiger partial charge in [0.15, 0.2) is 11.5 Å². The molecule has 24 heavy (non-hydrogen) atoms. The van der Waals surface area contributed by atoms with Gasteiger partial charge in [-0.3, -0.25) is 20.0 Å². The third-order valence-electron chi connectivity index (χ3n) is 4.27. The number of amides is 2. The topological polar surface area (TPSA) is 77.1 Å². The van der Waals surface area contributed by atoms with Crippen molar-refractivity contribution in [1.82, 2.24) is 10.4 Å². The molecule has 0 spiro atoms. The highest BCUT2D eigenvalue weighted by Gasteiger charge is 2.34. The SMILES string of the molecule is COc1ccc([C@@H]2CCN(NC(C)=O)C2=O)cc1O[C@@H]1CCOC1. The zero-order valence-corrected chi connectivity index (χ0v) is 13.9. The molecule has 3 rings (SSSR count). The maximum Gasteiger partial charge on any atom is 0.248 e. The van der Waals surface area contributed by atoms with Crippen LogP contribution in [0.3, 0.4) is 0 Å². The van der Waals surface area contributed by atoms with Gasteiger partial charge in [-0.1, -0.05) is 6.07 Å². The number of ether oxygens (including phenoxy) is 3. The predicted molar refractivity (Wildman–Crippen MR) is 85.7 cm³/mol. The summed E-state index contributed by atoms with van der Waals surface area (Å²) in [6, 6.07) is 5.54. The molecular weight excluding hydrogens is 312 g/mol. The Bertz CT molecular complexity index is 627. The van der Waals surface area contributed by atoms with Crippen molar-refractivity contribution >= 4 is 11.8 Å². The van der Waals surface area contributed by atoms with Crippen LogP contribution >= 0.6 is 0 Å². The monoisotopic (exact) mass is 334 g/mol. The van der Waals surface area contributed by atoms with Crippen molar-refractivity contribution < 1.29 is 23.8 Å². The molecule has 1 N–H and O–H groups in total. The number of methoxy groups -OCH3 is 1. The first kappa shape index (κ1) is 16.6. The van der Waals surface area contributed by atoms with Gasteiger partial charge in [-0.2, -0.15) is 0 Å². The van der Waals surface area contributed by atoms with Gasteiger partial charge in [0.25, 0.3) is 0 Å². The van der Waals surface area contributed by atoms with E-state index in [0.29, 0.717) is 37.7 Å². The number of nitrogens with one attached hydrogen (secondary N) is 1. The van der Waals surface area contributed by atoms with Gasteiger partial charge in [0.1, 0.15) is 6.10 Å². The van der Waals surface area contributed by atoms with E-state index >= 15 is 0 Å². The molecule has 2 atom stereocenters. The molecular formula is C17H22N2O5. The van der Waals surface area contributed by atoms with Gasteiger partial charge in [0, 0.05) is 19.9 Å². The van der Waals surface area contributed by atoms with E-state index in [1.54, 1.807) is 7.11 Å². The Balaban J connectivity index is 1.78. The van der Waals surface area contributed by atoms with Gasteiger partial charge >= 0.3 is 0 Å². The number of hydrazine groups is 1. The lowest BCUT2D eigenvalue weighted by atomic mass is 9.97. The number of benzene rings is 1. The molecule has 2 aliphatic heterocycles. The summed E-state index contributed by atoms with van der Waals surface area (Å²) in [5.74, 6) is 0.616. The second-order valence-electron chi connectivity index (χ2n) is 6.01.